The highest BCUT2D eigenvalue weighted by molar-refractivity contribution is 6.00. The Kier molecular flexibility index (Phi) is 14.2. The molecule has 1 saturated heterocycles. The minimum atomic E-state index is -0.906. The minimum absolute atomic E-state index is 0.0565. The van der Waals surface area contributed by atoms with Crippen LogP contribution in [0.25, 0.3) is 0 Å². The maximum absolute atomic E-state index is 14.1. The Bertz CT molecular complexity index is 1370. The van der Waals surface area contributed by atoms with Gasteiger partial charge in [-0.05, 0) is 49.3 Å². The van der Waals surface area contributed by atoms with Crippen LogP contribution in [-0.4, -0.2) is 103 Å². The molecule has 47 heavy (non-hydrogen) atoms. The van der Waals surface area contributed by atoms with Crippen LogP contribution < -0.4 is 10.1 Å². The summed E-state index contributed by atoms with van der Waals surface area (Å²) < 4.78 is 10.2. The molecule has 11 heteroatoms. The van der Waals surface area contributed by atoms with Crippen molar-refractivity contribution in [2.24, 2.45) is 5.92 Å². The number of esters is 1. The summed E-state index contributed by atoms with van der Waals surface area (Å²) in [5, 5.41) is 2.87. The number of para-hydroxylation sites is 1. The molecule has 4 amide bonds. The van der Waals surface area contributed by atoms with Crippen molar-refractivity contribution in [2.75, 3.05) is 40.9 Å². The van der Waals surface area contributed by atoms with Gasteiger partial charge in [-0.1, -0.05) is 69.7 Å². The molecule has 1 aliphatic rings. The van der Waals surface area contributed by atoms with Crippen LogP contribution in [0.2, 0.25) is 0 Å². The minimum Gasteiger partial charge on any atom is -0.481 e. The second-order valence-electron chi connectivity index (χ2n) is 12.5. The van der Waals surface area contributed by atoms with Gasteiger partial charge < -0.3 is 29.5 Å². The standard InChI is InChI=1S/C36H50N4O7/c1-7-8-20-38(4)35(44)30(23-26-15-10-9-11-16-26)39(5)36(45)29-18-14-21-40(29)34(43)28(22-25(2)3)37-33(42)27-17-12-13-19-31(27)47-24-32(41)46-6/h9-13,15-17,19,25,28-30H,7-8,14,18,20-24H2,1-6H3,(H,37,42)/t28-,29-,30+/m1/s1. The summed E-state index contributed by atoms with van der Waals surface area (Å²) in [5.74, 6) is -1.69. The van der Waals surface area contributed by atoms with Crippen LogP contribution in [0.5, 0.6) is 5.75 Å². The molecule has 1 N–H and O–H groups in total. The number of benzene rings is 2. The molecular formula is C36H50N4O7. The van der Waals surface area contributed by atoms with Crippen molar-refractivity contribution < 1.29 is 33.4 Å². The molecule has 0 aliphatic carbocycles. The highest BCUT2D eigenvalue weighted by Gasteiger charge is 2.41. The number of nitrogens with zero attached hydrogens (tertiary/aromatic N) is 3. The van der Waals surface area contributed by atoms with E-state index in [1.165, 1.54) is 12.0 Å². The fraction of sp³-hybridized carbons (Fsp3) is 0.528. The van der Waals surface area contributed by atoms with E-state index in [0.717, 1.165) is 18.4 Å². The van der Waals surface area contributed by atoms with Crippen molar-refractivity contribution in [2.45, 2.75) is 77.4 Å². The third-order valence-corrected chi connectivity index (χ3v) is 8.43. The Balaban J connectivity index is 1.83. The number of carbonyl (C=O) groups excluding carboxylic acids is 5. The Hall–Kier alpha value is -4.41. The normalized spacial score (nSPS) is 15.5. The lowest BCUT2D eigenvalue weighted by atomic mass is 10.0. The summed E-state index contributed by atoms with van der Waals surface area (Å²) in [5.41, 5.74) is 1.10. The Morgan fingerprint density at radius 1 is 1.00 bits per heavy atom. The van der Waals surface area contributed by atoms with Gasteiger partial charge in [0.1, 0.15) is 23.9 Å². The third-order valence-electron chi connectivity index (χ3n) is 8.43. The van der Waals surface area contributed by atoms with E-state index in [4.69, 9.17) is 4.74 Å². The first-order valence-corrected chi connectivity index (χ1v) is 16.4. The number of unbranched alkanes of at least 4 members (excludes halogenated alkanes) is 1. The van der Waals surface area contributed by atoms with Gasteiger partial charge in [0.25, 0.3) is 5.91 Å². The van der Waals surface area contributed by atoms with Crippen molar-refractivity contribution in [1.82, 2.24) is 20.0 Å². The van der Waals surface area contributed by atoms with Gasteiger partial charge in [-0.3, -0.25) is 19.2 Å². The number of likely N-dealkylation sites (N-methyl/N-ethyl adjacent to an activating group) is 2. The molecule has 1 fully saturated rings. The molecular weight excluding hydrogens is 600 g/mol. The number of rotatable bonds is 16. The highest BCUT2D eigenvalue weighted by Crippen LogP contribution is 2.25. The molecule has 256 valence electrons. The number of likely N-dealkylation sites (tertiary alicyclic amines) is 1. The third kappa shape index (κ3) is 10.3. The molecule has 0 saturated carbocycles. The van der Waals surface area contributed by atoms with E-state index >= 15 is 0 Å². The monoisotopic (exact) mass is 650 g/mol. The van der Waals surface area contributed by atoms with Crippen molar-refractivity contribution in [3.8, 4) is 5.75 Å². The van der Waals surface area contributed by atoms with Crippen LogP contribution in [0.15, 0.2) is 54.6 Å². The molecule has 0 spiro atoms. The second-order valence-corrected chi connectivity index (χ2v) is 12.5. The second kappa shape index (κ2) is 18.1. The van der Waals surface area contributed by atoms with Gasteiger partial charge >= 0.3 is 5.97 Å². The first-order chi connectivity index (χ1) is 22.5. The molecule has 1 aliphatic heterocycles. The number of ether oxygens (including phenoxy) is 2. The van der Waals surface area contributed by atoms with Crippen LogP contribution in [-0.2, 0) is 30.3 Å². The summed E-state index contributed by atoms with van der Waals surface area (Å²) in [6.07, 6.45) is 3.57. The van der Waals surface area contributed by atoms with E-state index in [1.807, 2.05) is 44.2 Å². The molecule has 3 rings (SSSR count). The molecule has 2 aromatic carbocycles. The molecule has 0 bridgehead atoms. The first-order valence-electron chi connectivity index (χ1n) is 16.4. The SMILES string of the molecule is CCCCN(C)C(=O)[C@H](Cc1ccccc1)N(C)C(=O)[C@H]1CCCN1C(=O)[C@@H](CC(C)C)NC(=O)c1ccccc1OCC(=O)OC. The lowest BCUT2D eigenvalue weighted by Gasteiger charge is -2.35. The summed E-state index contributed by atoms with van der Waals surface area (Å²) in [6, 6.07) is 13.6. The van der Waals surface area contributed by atoms with Gasteiger partial charge in [0.15, 0.2) is 6.61 Å². The average Bonchev–Trinajstić information content (AvgIpc) is 3.57. The number of methoxy groups -OCH3 is 1. The van der Waals surface area contributed by atoms with E-state index in [2.05, 4.69) is 17.0 Å². The molecule has 0 unspecified atom stereocenters. The lowest BCUT2D eigenvalue weighted by Crippen LogP contribution is -2.57. The topological polar surface area (TPSA) is 126 Å². The van der Waals surface area contributed by atoms with Crippen molar-refractivity contribution in [3.05, 3.63) is 65.7 Å². The van der Waals surface area contributed by atoms with Gasteiger partial charge in [0.2, 0.25) is 17.7 Å². The van der Waals surface area contributed by atoms with Crippen molar-refractivity contribution in [1.29, 1.82) is 0 Å². The van der Waals surface area contributed by atoms with E-state index in [9.17, 15) is 24.0 Å². The van der Waals surface area contributed by atoms with Gasteiger partial charge in [0, 0.05) is 33.6 Å². The summed E-state index contributed by atoms with van der Waals surface area (Å²) in [7, 11) is 4.65. The zero-order valence-corrected chi connectivity index (χ0v) is 28.6. The number of carbonyl (C=O) groups is 5. The van der Waals surface area contributed by atoms with E-state index in [0.29, 0.717) is 38.8 Å². The fourth-order valence-corrected chi connectivity index (χ4v) is 5.77. The number of amides is 4. The molecule has 3 atom stereocenters. The zero-order chi connectivity index (χ0) is 34.5. The predicted octanol–water partition coefficient (Wildman–Crippen LogP) is 3.70. The molecule has 0 aromatic heterocycles. The quantitative estimate of drug-likeness (QED) is 0.275. The maximum Gasteiger partial charge on any atom is 0.343 e. The van der Waals surface area contributed by atoms with Crippen molar-refractivity contribution in [3.63, 3.8) is 0 Å². The van der Waals surface area contributed by atoms with Crippen LogP contribution >= 0.6 is 0 Å². The van der Waals surface area contributed by atoms with E-state index < -0.39 is 30.0 Å². The summed E-state index contributed by atoms with van der Waals surface area (Å²) in [6.45, 7) is 6.55. The van der Waals surface area contributed by atoms with Gasteiger partial charge in [-0.25, -0.2) is 4.79 Å². The number of hydrogen-bond acceptors (Lipinski definition) is 7. The maximum atomic E-state index is 14.1. The summed E-state index contributed by atoms with van der Waals surface area (Å²) in [4.78, 5) is 71.8. The molecule has 1 heterocycles. The Labute approximate surface area is 278 Å². The first kappa shape index (κ1) is 37.1. The van der Waals surface area contributed by atoms with Crippen LogP contribution in [0.4, 0.5) is 0 Å². The van der Waals surface area contributed by atoms with Crippen LogP contribution in [0.1, 0.15) is 68.8 Å². The summed E-state index contributed by atoms with van der Waals surface area (Å²) >= 11 is 0. The Morgan fingerprint density at radius 2 is 1.68 bits per heavy atom. The predicted molar refractivity (Wildman–Crippen MR) is 179 cm³/mol. The van der Waals surface area contributed by atoms with Crippen LogP contribution in [0.3, 0.4) is 0 Å². The van der Waals surface area contributed by atoms with Gasteiger partial charge in [-0.15, -0.1) is 0 Å². The van der Waals surface area contributed by atoms with Crippen molar-refractivity contribution >= 4 is 29.6 Å². The lowest BCUT2D eigenvalue weighted by molar-refractivity contribution is -0.149. The molecule has 0 radical (unpaired) electrons. The molecule has 11 nitrogen and oxygen atoms in total. The largest absolute Gasteiger partial charge is 0.481 e. The number of hydrogen-bond donors (Lipinski definition) is 1. The zero-order valence-electron chi connectivity index (χ0n) is 28.6. The Morgan fingerprint density at radius 3 is 2.34 bits per heavy atom. The molecule has 2 aromatic rings. The fourth-order valence-electron chi connectivity index (χ4n) is 5.77. The smallest absolute Gasteiger partial charge is 0.343 e. The van der Waals surface area contributed by atoms with Gasteiger partial charge in [0.05, 0.1) is 12.7 Å². The average molecular weight is 651 g/mol. The van der Waals surface area contributed by atoms with E-state index in [-0.39, 0.29) is 41.6 Å². The number of nitrogens with one attached hydrogen (secondary N) is 1. The van der Waals surface area contributed by atoms with E-state index in [1.54, 1.807) is 48.2 Å². The van der Waals surface area contributed by atoms with Crippen LogP contribution in [0, 0.1) is 5.92 Å². The highest BCUT2D eigenvalue weighted by atomic mass is 16.6. The van der Waals surface area contributed by atoms with Gasteiger partial charge in [-0.2, -0.15) is 0 Å².